The van der Waals surface area contributed by atoms with E-state index in [1.807, 2.05) is 35.7 Å². The van der Waals surface area contributed by atoms with Crippen LogP contribution < -0.4 is 5.32 Å². The van der Waals surface area contributed by atoms with Gasteiger partial charge >= 0.3 is 0 Å². The third-order valence-electron chi connectivity index (χ3n) is 4.83. The molecule has 8 heteroatoms. The quantitative estimate of drug-likeness (QED) is 0.634. The number of halogens is 1. The Morgan fingerprint density at radius 1 is 1.10 bits per heavy atom. The average molecular weight is 447 g/mol. The number of hydrogen-bond acceptors (Lipinski definition) is 4. The second-order valence-electron chi connectivity index (χ2n) is 6.83. The zero-order valence-corrected chi connectivity index (χ0v) is 17.9. The second-order valence-corrected chi connectivity index (χ2v) is 10.2. The fourth-order valence-corrected chi connectivity index (χ4v) is 5.59. The number of nitrogens with one attached hydrogen (secondary N) is 1. The van der Waals surface area contributed by atoms with E-state index in [0.717, 1.165) is 16.0 Å². The van der Waals surface area contributed by atoms with Crippen molar-refractivity contribution in [2.24, 2.45) is 0 Å². The van der Waals surface area contributed by atoms with Crippen molar-refractivity contribution in [2.75, 3.05) is 11.9 Å². The maximum atomic E-state index is 13.0. The van der Waals surface area contributed by atoms with Gasteiger partial charge in [-0.25, -0.2) is 8.42 Å². The van der Waals surface area contributed by atoms with Crippen LogP contribution in [0.1, 0.15) is 16.0 Å². The molecule has 0 aliphatic carbocycles. The molecule has 150 valence electrons. The van der Waals surface area contributed by atoms with Gasteiger partial charge in [-0.1, -0.05) is 23.7 Å². The summed E-state index contributed by atoms with van der Waals surface area (Å²) >= 11 is 7.42. The first-order valence-corrected chi connectivity index (χ1v) is 11.8. The second kappa shape index (κ2) is 8.28. The van der Waals surface area contributed by atoms with Crippen molar-refractivity contribution in [3.8, 4) is 0 Å². The van der Waals surface area contributed by atoms with Gasteiger partial charge in [-0.2, -0.15) is 4.31 Å². The summed E-state index contributed by atoms with van der Waals surface area (Å²) in [4.78, 5) is 13.5. The van der Waals surface area contributed by atoms with E-state index in [-0.39, 0.29) is 17.3 Å². The monoisotopic (exact) mass is 446 g/mol. The van der Waals surface area contributed by atoms with Gasteiger partial charge in [0, 0.05) is 28.7 Å². The molecule has 1 amide bonds. The third-order valence-corrected chi connectivity index (χ3v) is 7.82. The highest BCUT2D eigenvalue weighted by Gasteiger charge is 2.28. The molecular weight excluding hydrogens is 428 g/mol. The predicted octanol–water partition coefficient (Wildman–Crippen LogP) is 4.33. The number of anilines is 1. The lowest BCUT2D eigenvalue weighted by Gasteiger charge is -2.28. The first-order chi connectivity index (χ1) is 13.9. The number of benzene rings is 2. The topological polar surface area (TPSA) is 66.5 Å². The molecule has 2 heterocycles. The van der Waals surface area contributed by atoms with Crippen molar-refractivity contribution in [3.05, 3.63) is 81.0 Å². The molecule has 0 unspecified atom stereocenters. The molecule has 3 aromatic rings. The van der Waals surface area contributed by atoms with Crippen LogP contribution in [0.4, 0.5) is 5.69 Å². The van der Waals surface area contributed by atoms with Crippen LogP contribution in [0.3, 0.4) is 0 Å². The van der Waals surface area contributed by atoms with Crippen molar-refractivity contribution in [1.29, 1.82) is 0 Å². The summed E-state index contributed by atoms with van der Waals surface area (Å²) in [5.74, 6) is -0.0890. The maximum absolute atomic E-state index is 13.0. The number of hydrogen-bond donors (Lipinski definition) is 1. The summed E-state index contributed by atoms with van der Waals surface area (Å²) in [6.45, 7) is 0.691. The van der Waals surface area contributed by atoms with Gasteiger partial charge in [0.1, 0.15) is 0 Å². The average Bonchev–Trinajstić information content (AvgIpc) is 3.20. The molecule has 1 N–H and O–H groups in total. The number of carbonyl (C=O) groups is 1. The number of carbonyl (C=O) groups excluding carboxylic acids is 1. The fraction of sp³-hybridized carbons (Fsp3) is 0.190. The summed E-state index contributed by atoms with van der Waals surface area (Å²) in [6, 6.07) is 15.7. The molecule has 0 fully saturated rings. The Balaban J connectivity index is 1.50. The summed E-state index contributed by atoms with van der Waals surface area (Å²) in [7, 11) is -3.60. The predicted molar refractivity (Wildman–Crippen MR) is 116 cm³/mol. The Morgan fingerprint density at radius 3 is 2.62 bits per heavy atom. The van der Waals surface area contributed by atoms with Gasteiger partial charge in [0.15, 0.2) is 0 Å². The third kappa shape index (κ3) is 4.53. The van der Waals surface area contributed by atoms with E-state index in [0.29, 0.717) is 30.1 Å². The van der Waals surface area contributed by atoms with Gasteiger partial charge in [-0.15, -0.1) is 11.3 Å². The van der Waals surface area contributed by atoms with Crippen LogP contribution in [0.25, 0.3) is 0 Å². The summed E-state index contributed by atoms with van der Waals surface area (Å²) in [5, 5.41) is 5.34. The molecule has 0 radical (unpaired) electrons. The molecule has 0 atom stereocenters. The maximum Gasteiger partial charge on any atom is 0.243 e. The van der Waals surface area contributed by atoms with E-state index in [9.17, 15) is 13.2 Å². The van der Waals surface area contributed by atoms with Crippen molar-refractivity contribution in [1.82, 2.24) is 4.31 Å². The number of fused-ring (bicyclic) bond motifs is 1. The van der Waals surface area contributed by atoms with Gasteiger partial charge < -0.3 is 5.32 Å². The van der Waals surface area contributed by atoms with Crippen molar-refractivity contribution < 1.29 is 13.2 Å². The van der Waals surface area contributed by atoms with E-state index in [1.54, 1.807) is 23.5 Å². The van der Waals surface area contributed by atoms with E-state index in [1.165, 1.54) is 16.4 Å². The van der Waals surface area contributed by atoms with E-state index >= 15 is 0 Å². The van der Waals surface area contributed by atoms with Crippen molar-refractivity contribution in [3.63, 3.8) is 0 Å². The van der Waals surface area contributed by atoms with Crippen LogP contribution >= 0.6 is 22.9 Å². The summed E-state index contributed by atoms with van der Waals surface area (Å²) < 4.78 is 27.4. The Hall–Kier alpha value is -2.19. The van der Waals surface area contributed by atoms with Crippen molar-refractivity contribution >= 4 is 44.6 Å². The molecule has 29 heavy (non-hydrogen) atoms. The number of nitrogens with zero attached hydrogens (tertiary/aromatic N) is 1. The normalized spacial score (nSPS) is 14.4. The highest BCUT2D eigenvalue weighted by molar-refractivity contribution is 7.89. The van der Waals surface area contributed by atoms with Crippen LogP contribution in [-0.2, 0) is 34.2 Å². The molecule has 0 saturated carbocycles. The summed E-state index contributed by atoms with van der Waals surface area (Å²) in [6.07, 6.45) is 0.956. The van der Waals surface area contributed by atoms with Gasteiger partial charge in [-0.3, -0.25) is 4.79 Å². The van der Waals surface area contributed by atoms with Crippen LogP contribution in [-0.4, -0.2) is 25.2 Å². The largest absolute Gasteiger partial charge is 0.326 e. The Bertz CT molecular complexity index is 1130. The van der Waals surface area contributed by atoms with Gasteiger partial charge in [0.2, 0.25) is 15.9 Å². The van der Waals surface area contributed by atoms with Gasteiger partial charge in [-0.05, 0) is 65.4 Å². The molecule has 1 aromatic heterocycles. The lowest BCUT2D eigenvalue weighted by molar-refractivity contribution is -0.115. The van der Waals surface area contributed by atoms with Gasteiger partial charge in [0.05, 0.1) is 11.3 Å². The lowest BCUT2D eigenvalue weighted by atomic mass is 10.0. The standard InChI is InChI=1S/C21H19ClN2O3S2/c22-17-4-7-20(8-5-17)29(26,27)24-10-9-15-3-6-18(12-16(15)14-24)23-21(25)13-19-2-1-11-28-19/h1-8,11-12H,9-10,13-14H2,(H,23,25). The van der Waals surface area contributed by atoms with Crippen LogP contribution in [0.2, 0.25) is 5.02 Å². The lowest BCUT2D eigenvalue weighted by Crippen LogP contribution is -2.36. The molecule has 0 spiro atoms. The minimum Gasteiger partial charge on any atom is -0.326 e. The van der Waals surface area contributed by atoms with E-state index < -0.39 is 10.0 Å². The first-order valence-electron chi connectivity index (χ1n) is 9.11. The number of sulfonamides is 1. The smallest absolute Gasteiger partial charge is 0.243 e. The van der Waals surface area contributed by atoms with Crippen molar-refractivity contribution in [2.45, 2.75) is 24.3 Å². The molecule has 0 bridgehead atoms. The zero-order chi connectivity index (χ0) is 20.4. The first kappa shape index (κ1) is 20.1. The molecule has 1 aliphatic rings. The Kier molecular flexibility index (Phi) is 5.74. The molecular formula is C21H19ClN2O3S2. The molecule has 5 nitrogen and oxygen atoms in total. The van der Waals surface area contributed by atoms with Gasteiger partial charge in [0.25, 0.3) is 0 Å². The molecule has 1 aliphatic heterocycles. The van der Waals surface area contributed by atoms with E-state index in [4.69, 9.17) is 11.6 Å². The highest BCUT2D eigenvalue weighted by atomic mass is 35.5. The summed E-state index contributed by atoms with van der Waals surface area (Å²) in [5.41, 5.74) is 2.68. The number of thiophene rings is 1. The van der Waals surface area contributed by atoms with Crippen LogP contribution in [0.5, 0.6) is 0 Å². The zero-order valence-electron chi connectivity index (χ0n) is 15.5. The minimum absolute atomic E-state index is 0.0890. The SMILES string of the molecule is O=C(Cc1cccs1)Nc1ccc2c(c1)CN(S(=O)(=O)c1ccc(Cl)cc1)CC2. The molecule has 4 rings (SSSR count). The van der Waals surface area contributed by atoms with E-state index in [2.05, 4.69) is 5.32 Å². The number of rotatable bonds is 5. The minimum atomic E-state index is -3.60. The van der Waals surface area contributed by atoms with Crippen LogP contribution in [0, 0.1) is 0 Å². The fourth-order valence-electron chi connectivity index (χ4n) is 3.35. The van der Waals surface area contributed by atoms with Crippen LogP contribution in [0.15, 0.2) is 64.9 Å². The molecule has 2 aromatic carbocycles. The number of amides is 1. The Morgan fingerprint density at radius 2 is 1.90 bits per heavy atom. The highest BCUT2D eigenvalue weighted by Crippen LogP contribution is 2.27. The Labute approximate surface area is 179 Å². The molecule has 0 saturated heterocycles.